The van der Waals surface area contributed by atoms with Gasteiger partial charge in [0.05, 0.1) is 0 Å². The fraction of sp³-hybridized carbons (Fsp3) is 0.778. The van der Waals surface area contributed by atoms with Crippen LogP contribution in [0.1, 0.15) is 84.0 Å². The number of carboxylic acids is 1. The monoisotopic (exact) mass is 312 g/mol. The SMILES string of the molecule is CCCCCCCCC(O)C(=O)CCCCCC=CC(=O)O. The topological polar surface area (TPSA) is 74.6 Å². The summed E-state index contributed by atoms with van der Waals surface area (Å²) in [4.78, 5) is 22.0. The molecule has 22 heavy (non-hydrogen) atoms. The van der Waals surface area contributed by atoms with Crippen molar-refractivity contribution in [2.24, 2.45) is 0 Å². The van der Waals surface area contributed by atoms with Gasteiger partial charge < -0.3 is 10.2 Å². The summed E-state index contributed by atoms with van der Waals surface area (Å²) in [6, 6.07) is 0. The van der Waals surface area contributed by atoms with Gasteiger partial charge in [-0.1, -0.05) is 57.9 Å². The highest BCUT2D eigenvalue weighted by molar-refractivity contribution is 5.82. The fourth-order valence-corrected chi connectivity index (χ4v) is 2.37. The molecule has 4 nitrogen and oxygen atoms in total. The molecule has 0 rings (SSSR count). The smallest absolute Gasteiger partial charge is 0.327 e. The molecule has 0 aliphatic carbocycles. The molecule has 2 N–H and O–H groups in total. The van der Waals surface area contributed by atoms with Gasteiger partial charge in [-0.2, -0.15) is 0 Å². The summed E-state index contributed by atoms with van der Waals surface area (Å²) in [5.41, 5.74) is 0. The first-order valence-electron chi connectivity index (χ1n) is 8.68. The Morgan fingerprint density at radius 1 is 0.955 bits per heavy atom. The number of unbranched alkanes of at least 4 members (excludes halogenated alkanes) is 8. The minimum Gasteiger partial charge on any atom is -0.478 e. The number of aliphatic carboxylic acids is 1. The molecule has 0 aliphatic heterocycles. The van der Waals surface area contributed by atoms with Gasteiger partial charge in [-0.05, 0) is 25.7 Å². The van der Waals surface area contributed by atoms with Crippen LogP contribution in [-0.4, -0.2) is 28.1 Å². The number of hydrogen-bond acceptors (Lipinski definition) is 3. The van der Waals surface area contributed by atoms with Gasteiger partial charge >= 0.3 is 5.97 Å². The van der Waals surface area contributed by atoms with E-state index in [9.17, 15) is 14.7 Å². The van der Waals surface area contributed by atoms with Crippen molar-refractivity contribution in [3.63, 3.8) is 0 Å². The Balaban J connectivity index is 3.48. The van der Waals surface area contributed by atoms with Crippen molar-refractivity contribution in [1.82, 2.24) is 0 Å². The van der Waals surface area contributed by atoms with Crippen molar-refractivity contribution >= 4 is 11.8 Å². The molecule has 0 heterocycles. The molecule has 0 amide bonds. The van der Waals surface area contributed by atoms with Gasteiger partial charge in [0.2, 0.25) is 0 Å². The van der Waals surface area contributed by atoms with E-state index in [4.69, 9.17) is 5.11 Å². The Bertz CT molecular complexity index is 323. The van der Waals surface area contributed by atoms with Crippen molar-refractivity contribution in [3.8, 4) is 0 Å². The minimum absolute atomic E-state index is 0.0466. The molecule has 0 aromatic rings. The molecule has 128 valence electrons. The van der Waals surface area contributed by atoms with Crippen LogP contribution in [0.15, 0.2) is 12.2 Å². The normalized spacial score (nSPS) is 12.6. The molecular weight excluding hydrogens is 280 g/mol. The molecule has 0 saturated heterocycles. The lowest BCUT2D eigenvalue weighted by Crippen LogP contribution is -2.19. The maximum absolute atomic E-state index is 11.7. The van der Waals surface area contributed by atoms with Gasteiger partial charge in [-0.25, -0.2) is 4.79 Å². The van der Waals surface area contributed by atoms with Crippen molar-refractivity contribution in [1.29, 1.82) is 0 Å². The van der Waals surface area contributed by atoms with E-state index in [1.807, 2.05) is 0 Å². The third kappa shape index (κ3) is 13.8. The highest BCUT2D eigenvalue weighted by Gasteiger charge is 2.13. The van der Waals surface area contributed by atoms with Crippen molar-refractivity contribution in [2.45, 2.75) is 90.1 Å². The standard InChI is InChI=1S/C18H32O4/c1-2-3-4-5-7-10-13-16(19)17(20)14-11-8-6-9-12-15-18(21)22/h12,15-16,19H,2-11,13-14H2,1H3,(H,21,22). The average Bonchev–Trinajstić information content (AvgIpc) is 2.49. The number of carbonyl (C=O) groups excluding carboxylic acids is 1. The number of hydrogen-bond donors (Lipinski definition) is 2. The number of carbonyl (C=O) groups is 2. The number of aliphatic hydroxyl groups excluding tert-OH is 1. The second-order valence-electron chi connectivity index (χ2n) is 5.88. The Labute approximate surface area is 134 Å². The van der Waals surface area contributed by atoms with Crippen LogP contribution in [0.2, 0.25) is 0 Å². The van der Waals surface area contributed by atoms with E-state index in [1.165, 1.54) is 25.7 Å². The Morgan fingerprint density at radius 3 is 2.27 bits per heavy atom. The quantitative estimate of drug-likeness (QED) is 0.350. The van der Waals surface area contributed by atoms with Crippen LogP contribution < -0.4 is 0 Å². The second-order valence-corrected chi connectivity index (χ2v) is 5.88. The number of ketones is 1. The lowest BCUT2D eigenvalue weighted by molar-refractivity contribution is -0.131. The summed E-state index contributed by atoms with van der Waals surface area (Å²) in [6.07, 6.45) is 13.2. The Morgan fingerprint density at radius 2 is 1.59 bits per heavy atom. The van der Waals surface area contributed by atoms with Crippen LogP contribution in [0.25, 0.3) is 0 Å². The van der Waals surface area contributed by atoms with E-state index in [0.29, 0.717) is 12.8 Å². The summed E-state index contributed by atoms with van der Waals surface area (Å²) in [5, 5.41) is 18.2. The fourth-order valence-electron chi connectivity index (χ4n) is 2.37. The molecule has 1 atom stereocenters. The first kappa shape index (κ1) is 20.8. The van der Waals surface area contributed by atoms with Crippen molar-refractivity contribution in [3.05, 3.63) is 12.2 Å². The van der Waals surface area contributed by atoms with E-state index >= 15 is 0 Å². The molecule has 0 bridgehead atoms. The molecule has 0 saturated carbocycles. The van der Waals surface area contributed by atoms with Gasteiger partial charge in [0.1, 0.15) is 6.10 Å². The average molecular weight is 312 g/mol. The van der Waals surface area contributed by atoms with Gasteiger partial charge in [0.15, 0.2) is 5.78 Å². The third-order valence-electron chi connectivity index (χ3n) is 3.76. The van der Waals surface area contributed by atoms with Crippen LogP contribution in [-0.2, 0) is 9.59 Å². The van der Waals surface area contributed by atoms with Crippen molar-refractivity contribution < 1.29 is 19.8 Å². The van der Waals surface area contributed by atoms with E-state index in [2.05, 4.69) is 6.92 Å². The number of aliphatic hydroxyl groups is 1. The summed E-state index contributed by atoms with van der Waals surface area (Å²) in [6.45, 7) is 2.19. The van der Waals surface area contributed by atoms with Crippen LogP contribution in [0.3, 0.4) is 0 Å². The lowest BCUT2D eigenvalue weighted by Gasteiger charge is -2.09. The number of carboxylic acid groups (broad SMARTS) is 1. The van der Waals surface area contributed by atoms with E-state index in [1.54, 1.807) is 6.08 Å². The van der Waals surface area contributed by atoms with Crippen LogP contribution >= 0.6 is 0 Å². The zero-order chi connectivity index (χ0) is 16.6. The Kier molecular flexibility index (Phi) is 14.0. The van der Waals surface area contributed by atoms with E-state index in [0.717, 1.165) is 44.6 Å². The molecule has 0 aromatic carbocycles. The number of Topliss-reactive ketones (excluding diaryl/α,β-unsaturated/α-hetero) is 1. The van der Waals surface area contributed by atoms with Crippen molar-refractivity contribution in [2.75, 3.05) is 0 Å². The summed E-state index contributed by atoms with van der Waals surface area (Å²) in [5.74, 6) is -0.970. The largest absolute Gasteiger partial charge is 0.478 e. The zero-order valence-electron chi connectivity index (χ0n) is 13.9. The highest BCUT2D eigenvalue weighted by Crippen LogP contribution is 2.11. The molecule has 1 unspecified atom stereocenters. The third-order valence-corrected chi connectivity index (χ3v) is 3.76. The molecule has 0 radical (unpaired) electrons. The predicted molar refractivity (Wildman–Crippen MR) is 88.9 cm³/mol. The molecule has 4 heteroatoms. The number of rotatable bonds is 15. The molecular formula is C18H32O4. The predicted octanol–water partition coefficient (Wildman–Crippen LogP) is 4.26. The summed E-state index contributed by atoms with van der Waals surface area (Å²) in [7, 11) is 0. The minimum atomic E-state index is -0.923. The first-order chi connectivity index (χ1) is 10.6. The van der Waals surface area contributed by atoms with Crippen LogP contribution in [0.4, 0.5) is 0 Å². The zero-order valence-corrected chi connectivity index (χ0v) is 13.9. The maximum Gasteiger partial charge on any atom is 0.327 e. The van der Waals surface area contributed by atoms with E-state index < -0.39 is 12.1 Å². The van der Waals surface area contributed by atoms with E-state index in [-0.39, 0.29) is 5.78 Å². The van der Waals surface area contributed by atoms with Gasteiger partial charge in [-0.15, -0.1) is 0 Å². The Hall–Kier alpha value is -1.16. The summed E-state index contributed by atoms with van der Waals surface area (Å²) >= 11 is 0. The lowest BCUT2D eigenvalue weighted by atomic mass is 10.0. The molecule has 0 spiro atoms. The number of allylic oxidation sites excluding steroid dienone is 1. The highest BCUT2D eigenvalue weighted by atomic mass is 16.4. The molecule has 0 aliphatic rings. The maximum atomic E-state index is 11.7. The first-order valence-corrected chi connectivity index (χ1v) is 8.68. The molecule has 0 fully saturated rings. The van der Waals surface area contributed by atoms with Crippen LogP contribution in [0.5, 0.6) is 0 Å². The summed E-state index contributed by atoms with van der Waals surface area (Å²) < 4.78 is 0. The second kappa shape index (κ2) is 14.8. The van der Waals surface area contributed by atoms with Gasteiger partial charge in [-0.3, -0.25) is 4.79 Å². The van der Waals surface area contributed by atoms with Crippen LogP contribution in [0, 0.1) is 0 Å². The molecule has 0 aromatic heterocycles. The van der Waals surface area contributed by atoms with Gasteiger partial charge in [0.25, 0.3) is 0 Å². The van der Waals surface area contributed by atoms with Gasteiger partial charge in [0, 0.05) is 12.5 Å².